The fourth-order valence-electron chi connectivity index (χ4n) is 2.47. The van der Waals surface area contributed by atoms with E-state index < -0.39 is 0 Å². The molecule has 0 aliphatic carbocycles. The lowest BCUT2D eigenvalue weighted by molar-refractivity contribution is 0.340. The molecule has 5 heteroatoms. The van der Waals surface area contributed by atoms with Crippen LogP contribution in [-0.4, -0.2) is 13.7 Å². The van der Waals surface area contributed by atoms with Gasteiger partial charge in [0, 0.05) is 6.07 Å². The Morgan fingerprint density at radius 3 is 2.70 bits per heavy atom. The van der Waals surface area contributed by atoms with E-state index in [9.17, 15) is 4.79 Å². The lowest BCUT2D eigenvalue weighted by Crippen LogP contribution is -2.05. The van der Waals surface area contributed by atoms with Crippen molar-refractivity contribution in [3.8, 4) is 22.6 Å². The van der Waals surface area contributed by atoms with E-state index in [1.807, 2.05) is 6.92 Å². The van der Waals surface area contributed by atoms with E-state index in [0.29, 0.717) is 45.9 Å². The van der Waals surface area contributed by atoms with Crippen LogP contribution in [0.2, 0.25) is 0 Å². The van der Waals surface area contributed by atoms with Crippen LogP contribution in [0.3, 0.4) is 0 Å². The van der Waals surface area contributed by atoms with E-state index in [4.69, 9.17) is 19.6 Å². The average molecular weight is 311 g/mol. The SMILES string of the molecule is CCOc1ccc2c(=O)c(-c3ccc(OC)c(N)c3)coc2c1. The topological polar surface area (TPSA) is 74.7 Å². The first-order valence-corrected chi connectivity index (χ1v) is 7.26. The minimum Gasteiger partial charge on any atom is -0.495 e. The Labute approximate surface area is 133 Å². The molecule has 1 aromatic heterocycles. The predicted molar refractivity (Wildman–Crippen MR) is 90.1 cm³/mol. The van der Waals surface area contributed by atoms with E-state index in [2.05, 4.69) is 0 Å². The highest BCUT2D eigenvalue weighted by molar-refractivity contribution is 5.83. The summed E-state index contributed by atoms with van der Waals surface area (Å²) in [5.41, 5.74) is 7.90. The van der Waals surface area contributed by atoms with Gasteiger partial charge in [0.05, 0.1) is 30.4 Å². The molecule has 0 radical (unpaired) electrons. The maximum atomic E-state index is 12.7. The van der Waals surface area contributed by atoms with Gasteiger partial charge in [0.2, 0.25) is 0 Å². The Bertz CT molecular complexity index is 915. The van der Waals surface area contributed by atoms with Crippen molar-refractivity contribution in [1.29, 1.82) is 0 Å². The van der Waals surface area contributed by atoms with Gasteiger partial charge in [-0.1, -0.05) is 6.07 Å². The zero-order valence-corrected chi connectivity index (χ0v) is 13.0. The van der Waals surface area contributed by atoms with Crippen molar-refractivity contribution in [2.75, 3.05) is 19.5 Å². The molecule has 0 unspecified atom stereocenters. The van der Waals surface area contributed by atoms with Crippen molar-refractivity contribution >= 4 is 16.7 Å². The maximum Gasteiger partial charge on any atom is 0.200 e. The number of hydrogen-bond donors (Lipinski definition) is 1. The summed E-state index contributed by atoms with van der Waals surface area (Å²) < 4.78 is 16.2. The Kier molecular flexibility index (Phi) is 3.93. The van der Waals surface area contributed by atoms with Crippen molar-refractivity contribution < 1.29 is 13.9 Å². The summed E-state index contributed by atoms with van der Waals surface area (Å²) >= 11 is 0. The zero-order valence-electron chi connectivity index (χ0n) is 13.0. The molecule has 0 saturated carbocycles. The number of nitrogens with two attached hydrogens (primary N) is 1. The third-order valence-electron chi connectivity index (χ3n) is 3.60. The number of nitrogen functional groups attached to an aromatic ring is 1. The van der Waals surface area contributed by atoms with Crippen LogP contribution in [0, 0.1) is 0 Å². The number of methoxy groups -OCH3 is 1. The van der Waals surface area contributed by atoms with E-state index in [1.165, 1.54) is 6.26 Å². The van der Waals surface area contributed by atoms with E-state index >= 15 is 0 Å². The van der Waals surface area contributed by atoms with Crippen molar-refractivity contribution in [2.45, 2.75) is 6.92 Å². The third kappa shape index (κ3) is 2.73. The summed E-state index contributed by atoms with van der Waals surface area (Å²) in [5, 5.41) is 0.500. The number of benzene rings is 2. The molecule has 0 fully saturated rings. The third-order valence-corrected chi connectivity index (χ3v) is 3.60. The Morgan fingerprint density at radius 1 is 1.17 bits per heavy atom. The minimum absolute atomic E-state index is 0.112. The van der Waals surface area contributed by atoms with Gasteiger partial charge in [-0.2, -0.15) is 0 Å². The highest BCUT2D eigenvalue weighted by atomic mass is 16.5. The van der Waals surface area contributed by atoms with Gasteiger partial charge in [-0.05, 0) is 36.8 Å². The van der Waals surface area contributed by atoms with Crippen LogP contribution >= 0.6 is 0 Å². The lowest BCUT2D eigenvalue weighted by atomic mass is 10.0. The van der Waals surface area contributed by atoms with Gasteiger partial charge in [-0.3, -0.25) is 4.79 Å². The number of rotatable bonds is 4. The fourth-order valence-corrected chi connectivity index (χ4v) is 2.47. The molecule has 2 aromatic carbocycles. The van der Waals surface area contributed by atoms with Gasteiger partial charge in [-0.15, -0.1) is 0 Å². The van der Waals surface area contributed by atoms with Crippen LogP contribution in [-0.2, 0) is 0 Å². The molecule has 3 aromatic rings. The van der Waals surface area contributed by atoms with Gasteiger partial charge in [0.25, 0.3) is 0 Å². The number of fused-ring (bicyclic) bond motifs is 1. The molecule has 0 aliphatic heterocycles. The smallest absolute Gasteiger partial charge is 0.200 e. The van der Waals surface area contributed by atoms with E-state index in [1.54, 1.807) is 43.5 Å². The summed E-state index contributed by atoms with van der Waals surface area (Å²) in [7, 11) is 1.55. The Balaban J connectivity index is 2.12. The van der Waals surface area contributed by atoms with Gasteiger partial charge in [0.1, 0.15) is 23.3 Å². The minimum atomic E-state index is -0.112. The predicted octanol–water partition coefficient (Wildman–Crippen LogP) is 3.45. The van der Waals surface area contributed by atoms with Crippen LogP contribution in [0.4, 0.5) is 5.69 Å². The van der Waals surface area contributed by atoms with Crippen molar-refractivity contribution in [3.63, 3.8) is 0 Å². The van der Waals surface area contributed by atoms with E-state index in [0.717, 1.165) is 0 Å². The highest BCUT2D eigenvalue weighted by Gasteiger charge is 2.11. The molecule has 5 nitrogen and oxygen atoms in total. The van der Waals surface area contributed by atoms with Crippen LogP contribution in [0.1, 0.15) is 6.92 Å². The van der Waals surface area contributed by atoms with Gasteiger partial charge in [-0.25, -0.2) is 0 Å². The van der Waals surface area contributed by atoms with E-state index in [-0.39, 0.29) is 5.43 Å². The van der Waals surface area contributed by atoms with Crippen molar-refractivity contribution in [2.24, 2.45) is 0 Å². The second-order valence-electron chi connectivity index (χ2n) is 5.03. The first kappa shape index (κ1) is 15.0. The molecule has 0 atom stereocenters. The molecule has 0 saturated heterocycles. The standard InChI is InChI=1S/C18H17NO4/c1-3-22-12-5-6-13-17(9-12)23-10-14(18(13)20)11-4-7-16(21-2)15(19)8-11/h4-10H,3,19H2,1-2H3. The van der Waals surface area contributed by atoms with Crippen LogP contribution in [0.15, 0.2) is 51.9 Å². The molecule has 0 spiro atoms. The van der Waals surface area contributed by atoms with Crippen LogP contribution < -0.4 is 20.6 Å². The summed E-state index contributed by atoms with van der Waals surface area (Å²) in [6.45, 7) is 2.45. The average Bonchev–Trinajstić information content (AvgIpc) is 2.55. The molecule has 23 heavy (non-hydrogen) atoms. The van der Waals surface area contributed by atoms with Crippen LogP contribution in [0.25, 0.3) is 22.1 Å². The summed E-state index contributed by atoms with van der Waals surface area (Å²) in [6, 6.07) is 10.4. The first-order valence-electron chi connectivity index (χ1n) is 7.26. The van der Waals surface area contributed by atoms with Crippen LogP contribution in [0.5, 0.6) is 11.5 Å². The molecular formula is C18H17NO4. The largest absolute Gasteiger partial charge is 0.495 e. The summed E-state index contributed by atoms with van der Waals surface area (Å²) in [6.07, 6.45) is 1.45. The lowest BCUT2D eigenvalue weighted by Gasteiger charge is -2.08. The number of anilines is 1. The second kappa shape index (κ2) is 6.04. The molecular weight excluding hydrogens is 294 g/mol. The maximum absolute atomic E-state index is 12.7. The molecule has 118 valence electrons. The van der Waals surface area contributed by atoms with Gasteiger partial charge < -0.3 is 19.6 Å². The number of ether oxygens (including phenoxy) is 2. The zero-order chi connectivity index (χ0) is 16.4. The Hall–Kier alpha value is -2.95. The molecule has 3 rings (SSSR count). The fraction of sp³-hybridized carbons (Fsp3) is 0.167. The molecule has 1 heterocycles. The summed E-state index contributed by atoms with van der Waals surface area (Å²) in [4.78, 5) is 12.7. The van der Waals surface area contributed by atoms with Gasteiger partial charge in [0.15, 0.2) is 5.43 Å². The molecule has 0 aliphatic rings. The number of hydrogen-bond acceptors (Lipinski definition) is 5. The van der Waals surface area contributed by atoms with Crippen molar-refractivity contribution in [1.82, 2.24) is 0 Å². The molecule has 0 amide bonds. The van der Waals surface area contributed by atoms with Gasteiger partial charge >= 0.3 is 0 Å². The molecule has 2 N–H and O–H groups in total. The monoisotopic (exact) mass is 311 g/mol. The summed E-state index contributed by atoms with van der Waals surface area (Å²) in [5.74, 6) is 1.24. The normalized spacial score (nSPS) is 10.7. The highest BCUT2D eigenvalue weighted by Crippen LogP contribution is 2.28. The molecule has 0 bridgehead atoms. The van der Waals surface area contributed by atoms with Crippen molar-refractivity contribution in [3.05, 3.63) is 52.9 Å². The second-order valence-corrected chi connectivity index (χ2v) is 5.03. The Morgan fingerprint density at radius 2 is 2.00 bits per heavy atom. The quantitative estimate of drug-likeness (QED) is 0.747. The first-order chi connectivity index (χ1) is 11.1.